The highest BCUT2D eigenvalue weighted by Crippen LogP contribution is 2.02. The molecule has 0 unspecified atom stereocenters. The Bertz CT molecular complexity index is 256. The van der Waals surface area contributed by atoms with E-state index in [9.17, 15) is 4.39 Å². The van der Waals surface area contributed by atoms with Crippen LogP contribution in [0.25, 0.3) is 0 Å². The Morgan fingerprint density at radius 3 is 2.47 bits per heavy atom. The summed E-state index contributed by atoms with van der Waals surface area (Å²) < 4.78 is 12.6. The van der Waals surface area contributed by atoms with Crippen molar-refractivity contribution in [3.8, 4) is 0 Å². The lowest BCUT2D eigenvalue weighted by Gasteiger charge is -2.04. The van der Waals surface area contributed by atoms with Crippen molar-refractivity contribution < 1.29 is 4.39 Å². The van der Waals surface area contributed by atoms with E-state index >= 15 is 0 Å². The molecule has 0 saturated heterocycles. The number of rotatable bonds is 7. The molecule has 0 amide bonds. The van der Waals surface area contributed by atoms with Crippen molar-refractivity contribution in [2.45, 2.75) is 32.6 Å². The fraction of sp³-hybridized carbons (Fsp3) is 0.538. The summed E-state index contributed by atoms with van der Waals surface area (Å²) in [5, 5.41) is 3.39. The summed E-state index contributed by atoms with van der Waals surface area (Å²) in [6.07, 6.45) is 4.79. The number of benzene rings is 1. The zero-order valence-corrected chi connectivity index (χ0v) is 9.43. The average molecular weight is 209 g/mol. The molecule has 1 N–H and O–H groups in total. The van der Waals surface area contributed by atoms with Crippen molar-refractivity contribution >= 4 is 0 Å². The molecule has 0 aliphatic rings. The zero-order valence-electron chi connectivity index (χ0n) is 9.43. The molecule has 0 aliphatic carbocycles. The van der Waals surface area contributed by atoms with Crippen molar-refractivity contribution in [3.05, 3.63) is 35.6 Å². The maximum absolute atomic E-state index is 12.6. The second kappa shape index (κ2) is 7.41. The number of nitrogens with one attached hydrogen (secondary N) is 1. The highest BCUT2D eigenvalue weighted by atomic mass is 19.1. The van der Waals surface area contributed by atoms with Crippen LogP contribution in [0.2, 0.25) is 0 Å². The van der Waals surface area contributed by atoms with Gasteiger partial charge in [-0.2, -0.15) is 0 Å². The van der Waals surface area contributed by atoms with Crippen LogP contribution in [0.4, 0.5) is 4.39 Å². The standard InChI is InChI=1S/C13H20FN/c1-2-3-4-10-15-11-9-12-5-7-13(14)8-6-12/h5-8,15H,2-4,9-11H2,1H3. The first-order valence-electron chi connectivity index (χ1n) is 5.78. The molecular formula is C13H20FN. The summed E-state index contributed by atoms with van der Waals surface area (Å²) in [5.41, 5.74) is 1.19. The fourth-order valence-corrected chi connectivity index (χ4v) is 1.51. The molecule has 0 aliphatic heterocycles. The molecule has 0 heterocycles. The number of halogens is 1. The summed E-state index contributed by atoms with van der Waals surface area (Å²) in [6.45, 7) is 4.28. The molecule has 1 aromatic carbocycles. The lowest BCUT2D eigenvalue weighted by molar-refractivity contribution is 0.613. The largest absolute Gasteiger partial charge is 0.316 e. The molecule has 2 heteroatoms. The van der Waals surface area contributed by atoms with Crippen LogP contribution in [0.15, 0.2) is 24.3 Å². The first-order chi connectivity index (χ1) is 7.33. The van der Waals surface area contributed by atoms with E-state index in [0.29, 0.717) is 0 Å². The minimum atomic E-state index is -0.158. The first-order valence-corrected chi connectivity index (χ1v) is 5.78. The van der Waals surface area contributed by atoms with Crippen molar-refractivity contribution in [3.63, 3.8) is 0 Å². The summed E-state index contributed by atoms with van der Waals surface area (Å²) in [7, 11) is 0. The third kappa shape index (κ3) is 5.53. The quantitative estimate of drug-likeness (QED) is 0.680. The van der Waals surface area contributed by atoms with Crippen molar-refractivity contribution in [2.24, 2.45) is 0 Å². The van der Waals surface area contributed by atoms with E-state index in [1.54, 1.807) is 0 Å². The Morgan fingerprint density at radius 2 is 1.80 bits per heavy atom. The van der Waals surface area contributed by atoms with Crippen LogP contribution in [0.1, 0.15) is 31.7 Å². The summed E-state index contributed by atoms with van der Waals surface area (Å²) >= 11 is 0. The number of unbranched alkanes of at least 4 members (excludes halogenated alkanes) is 2. The molecule has 1 aromatic rings. The third-order valence-electron chi connectivity index (χ3n) is 2.46. The van der Waals surface area contributed by atoms with Crippen molar-refractivity contribution in [2.75, 3.05) is 13.1 Å². The van der Waals surface area contributed by atoms with Crippen LogP contribution >= 0.6 is 0 Å². The Morgan fingerprint density at radius 1 is 1.07 bits per heavy atom. The molecule has 1 nitrogen and oxygen atoms in total. The first kappa shape index (κ1) is 12.2. The van der Waals surface area contributed by atoms with E-state index in [4.69, 9.17) is 0 Å². The molecule has 0 spiro atoms. The van der Waals surface area contributed by atoms with E-state index in [0.717, 1.165) is 19.5 Å². The highest BCUT2D eigenvalue weighted by Gasteiger charge is 1.93. The predicted octanol–water partition coefficient (Wildman–Crippen LogP) is 3.15. The summed E-state index contributed by atoms with van der Waals surface area (Å²) in [5.74, 6) is -0.158. The van der Waals surface area contributed by atoms with Crippen LogP contribution < -0.4 is 5.32 Å². The zero-order chi connectivity index (χ0) is 10.9. The van der Waals surface area contributed by atoms with Gasteiger partial charge in [0.05, 0.1) is 0 Å². The van der Waals surface area contributed by atoms with Gasteiger partial charge in [-0.25, -0.2) is 4.39 Å². The van der Waals surface area contributed by atoms with Crippen LogP contribution in [0.5, 0.6) is 0 Å². The van der Waals surface area contributed by atoms with Gasteiger partial charge in [-0.3, -0.25) is 0 Å². The molecule has 0 bridgehead atoms. The van der Waals surface area contributed by atoms with Crippen LogP contribution in [0.3, 0.4) is 0 Å². The fourth-order valence-electron chi connectivity index (χ4n) is 1.51. The molecule has 0 fully saturated rings. The van der Waals surface area contributed by atoms with Gasteiger partial charge in [-0.05, 0) is 43.6 Å². The number of hydrogen-bond acceptors (Lipinski definition) is 1. The molecule has 0 radical (unpaired) electrons. The van der Waals surface area contributed by atoms with Gasteiger partial charge in [-0.1, -0.05) is 31.9 Å². The highest BCUT2D eigenvalue weighted by molar-refractivity contribution is 5.16. The van der Waals surface area contributed by atoms with Gasteiger partial charge in [0.1, 0.15) is 5.82 Å². The lowest BCUT2D eigenvalue weighted by Crippen LogP contribution is -2.18. The summed E-state index contributed by atoms with van der Waals surface area (Å²) in [6, 6.07) is 6.74. The Kier molecular flexibility index (Phi) is 6.02. The van der Waals surface area contributed by atoms with Crippen LogP contribution in [-0.4, -0.2) is 13.1 Å². The second-order valence-corrected chi connectivity index (χ2v) is 3.83. The molecule has 0 atom stereocenters. The van der Waals surface area contributed by atoms with Gasteiger partial charge in [0, 0.05) is 0 Å². The van der Waals surface area contributed by atoms with Crippen LogP contribution in [-0.2, 0) is 6.42 Å². The van der Waals surface area contributed by atoms with Gasteiger partial charge >= 0.3 is 0 Å². The van der Waals surface area contributed by atoms with Crippen LogP contribution in [0, 0.1) is 5.82 Å². The van der Waals surface area contributed by atoms with E-state index in [-0.39, 0.29) is 5.82 Å². The Hall–Kier alpha value is -0.890. The van der Waals surface area contributed by atoms with Gasteiger partial charge in [0.25, 0.3) is 0 Å². The third-order valence-corrected chi connectivity index (χ3v) is 2.46. The minimum Gasteiger partial charge on any atom is -0.316 e. The maximum atomic E-state index is 12.6. The van der Waals surface area contributed by atoms with Crippen molar-refractivity contribution in [1.82, 2.24) is 5.32 Å². The Balaban J connectivity index is 2.07. The minimum absolute atomic E-state index is 0.158. The number of hydrogen-bond donors (Lipinski definition) is 1. The average Bonchev–Trinajstić information content (AvgIpc) is 2.26. The smallest absolute Gasteiger partial charge is 0.123 e. The predicted molar refractivity (Wildman–Crippen MR) is 62.5 cm³/mol. The maximum Gasteiger partial charge on any atom is 0.123 e. The molecule has 84 valence electrons. The van der Waals surface area contributed by atoms with Gasteiger partial charge < -0.3 is 5.32 Å². The molecule has 0 saturated carbocycles. The van der Waals surface area contributed by atoms with Gasteiger partial charge in [0.2, 0.25) is 0 Å². The molecule has 0 aromatic heterocycles. The molecule has 15 heavy (non-hydrogen) atoms. The van der Waals surface area contributed by atoms with Crippen molar-refractivity contribution in [1.29, 1.82) is 0 Å². The van der Waals surface area contributed by atoms with E-state index < -0.39 is 0 Å². The molecular weight excluding hydrogens is 189 g/mol. The lowest BCUT2D eigenvalue weighted by atomic mass is 10.1. The topological polar surface area (TPSA) is 12.0 Å². The normalized spacial score (nSPS) is 10.5. The Labute approximate surface area is 91.7 Å². The SMILES string of the molecule is CCCCCNCCc1ccc(F)cc1. The second-order valence-electron chi connectivity index (χ2n) is 3.83. The van der Waals surface area contributed by atoms with Gasteiger partial charge in [0.15, 0.2) is 0 Å². The van der Waals surface area contributed by atoms with Gasteiger partial charge in [-0.15, -0.1) is 0 Å². The van der Waals surface area contributed by atoms with E-state index in [1.165, 1.54) is 37.0 Å². The van der Waals surface area contributed by atoms with E-state index in [2.05, 4.69) is 12.2 Å². The molecule has 1 rings (SSSR count). The summed E-state index contributed by atoms with van der Waals surface area (Å²) in [4.78, 5) is 0. The van der Waals surface area contributed by atoms with E-state index in [1.807, 2.05) is 12.1 Å². The monoisotopic (exact) mass is 209 g/mol.